The van der Waals surface area contributed by atoms with Crippen LogP contribution in [0.1, 0.15) is 31.2 Å². The number of benzene rings is 1. The fourth-order valence-electron chi connectivity index (χ4n) is 3.45. The highest BCUT2D eigenvalue weighted by Gasteiger charge is 2.21. The molecule has 1 aliphatic carbocycles. The standard InChI is InChI=1S/C20H27Cl2N5/c1-27(2)19-9-10-24-20(26-19)25-17-6-3-14(4-7-17)12-23-13-15-11-16(21)5-8-18(15)22/h5,8-11,14,17,23H,3-4,6-7,12-13H2,1-2H3,(H,24,25,26). The van der Waals surface area contributed by atoms with Gasteiger partial charge in [-0.25, -0.2) is 4.98 Å². The first kappa shape index (κ1) is 20.2. The fraction of sp³-hybridized carbons (Fsp3) is 0.500. The molecule has 0 spiro atoms. The van der Waals surface area contributed by atoms with Gasteiger partial charge in [-0.1, -0.05) is 23.2 Å². The normalized spacial score (nSPS) is 19.7. The maximum atomic E-state index is 6.22. The number of hydrogen-bond acceptors (Lipinski definition) is 5. The maximum absolute atomic E-state index is 6.22. The molecule has 0 saturated heterocycles. The van der Waals surface area contributed by atoms with Crippen LogP contribution in [0.3, 0.4) is 0 Å². The molecule has 1 aromatic carbocycles. The Balaban J connectivity index is 1.41. The third kappa shape index (κ3) is 5.96. The highest BCUT2D eigenvalue weighted by atomic mass is 35.5. The van der Waals surface area contributed by atoms with Gasteiger partial charge >= 0.3 is 0 Å². The van der Waals surface area contributed by atoms with Crippen molar-refractivity contribution in [2.45, 2.75) is 38.3 Å². The minimum atomic E-state index is 0.445. The Morgan fingerprint density at radius 2 is 1.89 bits per heavy atom. The molecule has 27 heavy (non-hydrogen) atoms. The third-order valence-electron chi connectivity index (χ3n) is 5.04. The predicted octanol–water partition coefficient (Wildman–Crippen LogP) is 4.61. The molecule has 0 radical (unpaired) electrons. The SMILES string of the molecule is CN(C)c1ccnc(NC2CCC(CNCc3cc(Cl)ccc3Cl)CC2)n1. The summed E-state index contributed by atoms with van der Waals surface area (Å²) in [5, 5.41) is 8.51. The smallest absolute Gasteiger partial charge is 0.224 e. The van der Waals surface area contributed by atoms with Crippen molar-refractivity contribution in [1.82, 2.24) is 15.3 Å². The number of halogens is 2. The Morgan fingerprint density at radius 1 is 1.11 bits per heavy atom. The van der Waals surface area contributed by atoms with E-state index < -0.39 is 0 Å². The van der Waals surface area contributed by atoms with E-state index in [-0.39, 0.29) is 0 Å². The summed E-state index contributed by atoms with van der Waals surface area (Å²) < 4.78 is 0. The number of nitrogens with zero attached hydrogens (tertiary/aromatic N) is 3. The van der Waals surface area contributed by atoms with Crippen molar-refractivity contribution >= 4 is 35.0 Å². The zero-order chi connectivity index (χ0) is 19.2. The molecular formula is C20H27Cl2N5. The van der Waals surface area contributed by atoms with Gasteiger partial charge in [0, 0.05) is 42.9 Å². The average Bonchev–Trinajstić information content (AvgIpc) is 2.66. The van der Waals surface area contributed by atoms with Crippen molar-refractivity contribution in [3.8, 4) is 0 Å². The first-order chi connectivity index (χ1) is 13.0. The first-order valence-electron chi connectivity index (χ1n) is 9.43. The lowest BCUT2D eigenvalue weighted by atomic mass is 9.86. The second kappa shape index (κ2) is 9.58. The molecule has 1 aromatic heterocycles. The van der Waals surface area contributed by atoms with Crippen LogP contribution in [0.4, 0.5) is 11.8 Å². The van der Waals surface area contributed by atoms with Crippen molar-refractivity contribution in [1.29, 1.82) is 0 Å². The molecule has 1 aliphatic rings. The van der Waals surface area contributed by atoms with Gasteiger partial charge < -0.3 is 15.5 Å². The van der Waals surface area contributed by atoms with Crippen molar-refractivity contribution in [2.24, 2.45) is 5.92 Å². The monoisotopic (exact) mass is 407 g/mol. The lowest BCUT2D eigenvalue weighted by Gasteiger charge is -2.29. The largest absolute Gasteiger partial charge is 0.363 e. The molecule has 3 rings (SSSR count). The fourth-order valence-corrected chi connectivity index (χ4v) is 3.83. The van der Waals surface area contributed by atoms with Gasteiger partial charge in [-0.2, -0.15) is 4.98 Å². The molecule has 0 atom stereocenters. The summed E-state index contributed by atoms with van der Waals surface area (Å²) in [5.41, 5.74) is 1.05. The highest BCUT2D eigenvalue weighted by molar-refractivity contribution is 6.33. The number of anilines is 2. The van der Waals surface area contributed by atoms with E-state index in [1.165, 1.54) is 12.8 Å². The van der Waals surface area contributed by atoms with Crippen molar-refractivity contribution in [2.75, 3.05) is 30.9 Å². The van der Waals surface area contributed by atoms with Gasteiger partial charge in [0.1, 0.15) is 5.82 Å². The Hall–Kier alpha value is -1.56. The molecule has 0 aliphatic heterocycles. The zero-order valence-corrected chi connectivity index (χ0v) is 17.4. The van der Waals surface area contributed by atoms with E-state index in [0.29, 0.717) is 12.0 Å². The zero-order valence-electron chi connectivity index (χ0n) is 15.9. The second-order valence-corrected chi connectivity index (χ2v) is 8.21. The molecule has 5 nitrogen and oxygen atoms in total. The molecule has 0 bridgehead atoms. The summed E-state index contributed by atoms with van der Waals surface area (Å²) in [7, 11) is 3.97. The summed E-state index contributed by atoms with van der Waals surface area (Å²) in [4.78, 5) is 10.9. The van der Waals surface area contributed by atoms with Gasteiger partial charge in [-0.15, -0.1) is 0 Å². The van der Waals surface area contributed by atoms with Crippen LogP contribution in [0.5, 0.6) is 0 Å². The molecule has 0 unspecified atom stereocenters. The maximum Gasteiger partial charge on any atom is 0.224 e. The molecule has 7 heteroatoms. The van der Waals surface area contributed by atoms with Gasteiger partial charge in [-0.05, 0) is 68.0 Å². The molecule has 0 amide bonds. The summed E-state index contributed by atoms with van der Waals surface area (Å²) >= 11 is 12.3. The van der Waals surface area contributed by atoms with Crippen molar-refractivity contribution < 1.29 is 0 Å². The van der Waals surface area contributed by atoms with Gasteiger partial charge in [0.25, 0.3) is 0 Å². The number of aromatic nitrogens is 2. The van der Waals surface area contributed by atoms with Crippen LogP contribution in [0, 0.1) is 5.92 Å². The van der Waals surface area contributed by atoms with Crippen LogP contribution in [-0.2, 0) is 6.54 Å². The van der Waals surface area contributed by atoms with E-state index in [4.69, 9.17) is 23.2 Å². The Morgan fingerprint density at radius 3 is 2.63 bits per heavy atom. The van der Waals surface area contributed by atoms with Crippen LogP contribution in [0.25, 0.3) is 0 Å². The quantitative estimate of drug-likeness (QED) is 0.701. The van der Waals surface area contributed by atoms with Crippen LogP contribution in [0.2, 0.25) is 10.0 Å². The average molecular weight is 408 g/mol. The summed E-state index contributed by atoms with van der Waals surface area (Å²) in [6.45, 7) is 1.75. The molecule has 1 saturated carbocycles. The number of hydrogen-bond donors (Lipinski definition) is 2. The van der Waals surface area contributed by atoms with Gasteiger partial charge in [0.05, 0.1) is 0 Å². The predicted molar refractivity (Wildman–Crippen MR) is 114 cm³/mol. The Kier molecular flexibility index (Phi) is 7.16. The van der Waals surface area contributed by atoms with Crippen LogP contribution >= 0.6 is 23.2 Å². The van der Waals surface area contributed by atoms with Crippen LogP contribution in [0.15, 0.2) is 30.5 Å². The van der Waals surface area contributed by atoms with Crippen molar-refractivity contribution in [3.63, 3.8) is 0 Å². The number of rotatable bonds is 7. The topological polar surface area (TPSA) is 53.1 Å². The van der Waals surface area contributed by atoms with Gasteiger partial charge in [-0.3, -0.25) is 0 Å². The van der Waals surface area contributed by atoms with E-state index in [1.54, 1.807) is 6.20 Å². The third-order valence-corrected chi connectivity index (χ3v) is 5.64. The minimum absolute atomic E-state index is 0.445. The van der Waals surface area contributed by atoms with E-state index in [9.17, 15) is 0 Å². The first-order valence-corrected chi connectivity index (χ1v) is 10.2. The van der Waals surface area contributed by atoms with Crippen molar-refractivity contribution in [3.05, 3.63) is 46.1 Å². The van der Waals surface area contributed by atoms with E-state index in [2.05, 4.69) is 20.6 Å². The molecule has 1 heterocycles. The van der Waals surface area contributed by atoms with E-state index in [1.807, 2.05) is 43.3 Å². The second-order valence-electron chi connectivity index (χ2n) is 7.36. The molecule has 2 N–H and O–H groups in total. The highest BCUT2D eigenvalue weighted by Crippen LogP contribution is 2.26. The summed E-state index contributed by atoms with van der Waals surface area (Å²) in [6.07, 6.45) is 6.48. The van der Waals surface area contributed by atoms with Gasteiger partial charge in [0.2, 0.25) is 5.95 Å². The van der Waals surface area contributed by atoms with E-state index >= 15 is 0 Å². The number of nitrogens with one attached hydrogen (secondary N) is 2. The van der Waals surface area contributed by atoms with Gasteiger partial charge in [0.15, 0.2) is 0 Å². The Bertz CT molecular complexity index is 745. The molecule has 146 valence electrons. The molecular weight excluding hydrogens is 381 g/mol. The molecule has 2 aromatic rings. The lowest BCUT2D eigenvalue weighted by Crippen LogP contribution is -2.31. The lowest BCUT2D eigenvalue weighted by molar-refractivity contribution is 0.324. The summed E-state index contributed by atoms with van der Waals surface area (Å²) in [5.74, 6) is 2.33. The Labute approximate surface area is 171 Å². The minimum Gasteiger partial charge on any atom is -0.363 e. The molecule has 1 fully saturated rings. The summed E-state index contributed by atoms with van der Waals surface area (Å²) in [6, 6.07) is 7.96. The van der Waals surface area contributed by atoms with Crippen LogP contribution in [-0.4, -0.2) is 36.6 Å². The van der Waals surface area contributed by atoms with E-state index in [0.717, 1.165) is 53.3 Å². The van der Waals surface area contributed by atoms with Crippen LogP contribution < -0.4 is 15.5 Å².